The number of hydrogen-bond acceptors (Lipinski definition) is 2. The van der Waals surface area contributed by atoms with Gasteiger partial charge in [-0.25, -0.2) is 18.0 Å². The number of ether oxygens (including phenoxy) is 1. The average molecular weight is 312 g/mol. The Balaban J connectivity index is 3.41. The van der Waals surface area contributed by atoms with Gasteiger partial charge in [-0.15, -0.1) is 0 Å². The topological polar surface area (TPSA) is 26.3 Å². The Bertz CT molecular complexity index is 552. The van der Waals surface area contributed by atoms with E-state index in [-0.39, 0.29) is 5.57 Å². The molecule has 0 aromatic heterocycles. The standard InChI is InChI=1S/C13H10F6O2/c1-7(2)10(20)21-9-6-4-3-5-8(9)12(16,11(14)15)13(17,18)19/h3-6,11H,1H2,2H3. The molecule has 0 aliphatic heterocycles. The van der Waals surface area contributed by atoms with Crippen molar-refractivity contribution in [3.8, 4) is 5.75 Å². The van der Waals surface area contributed by atoms with E-state index in [0.717, 1.165) is 18.2 Å². The van der Waals surface area contributed by atoms with Gasteiger partial charge in [-0.05, 0) is 13.0 Å². The van der Waals surface area contributed by atoms with Crippen LogP contribution in [0, 0.1) is 0 Å². The zero-order valence-corrected chi connectivity index (χ0v) is 10.7. The second-order valence-corrected chi connectivity index (χ2v) is 4.18. The van der Waals surface area contributed by atoms with Crippen molar-refractivity contribution in [2.45, 2.75) is 25.2 Å². The minimum Gasteiger partial charge on any atom is -0.423 e. The van der Waals surface area contributed by atoms with Gasteiger partial charge in [-0.1, -0.05) is 24.8 Å². The number of halogens is 6. The number of hydrogen-bond donors (Lipinski definition) is 0. The summed E-state index contributed by atoms with van der Waals surface area (Å²) in [5, 5.41) is 0. The third-order valence-corrected chi connectivity index (χ3v) is 2.54. The van der Waals surface area contributed by atoms with Gasteiger partial charge in [0.1, 0.15) is 5.75 Å². The van der Waals surface area contributed by atoms with Crippen LogP contribution in [0.5, 0.6) is 5.75 Å². The summed E-state index contributed by atoms with van der Waals surface area (Å²) < 4.78 is 82.0. The van der Waals surface area contributed by atoms with Crippen LogP contribution in [-0.2, 0) is 10.5 Å². The van der Waals surface area contributed by atoms with E-state index in [4.69, 9.17) is 0 Å². The Hall–Kier alpha value is -1.99. The van der Waals surface area contributed by atoms with Crippen molar-refractivity contribution in [1.29, 1.82) is 0 Å². The molecule has 0 saturated heterocycles. The second kappa shape index (κ2) is 5.79. The fourth-order valence-electron chi connectivity index (χ4n) is 1.44. The highest BCUT2D eigenvalue weighted by molar-refractivity contribution is 5.89. The molecule has 0 saturated carbocycles. The van der Waals surface area contributed by atoms with E-state index in [9.17, 15) is 31.1 Å². The lowest BCUT2D eigenvalue weighted by Gasteiger charge is -2.28. The number of alkyl halides is 6. The average Bonchev–Trinajstić information content (AvgIpc) is 2.36. The summed E-state index contributed by atoms with van der Waals surface area (Å²) >= 11 is 0. The molecule has 0 heterocycles. The minimum atomic E-state index is -5.88. The fraction of sp³-hybridized carbons (Fsp3) is 0.308. The molecule has 1 unspecified atom stereocenters. The lowest BCUT2D eigenvalue weighted by molar-refractivity contribution is -0.274. The Morgan fingerprint density at radius 2 is 1.71 bits per heavy atom. The van der Waals surface area contributed by atoms with Crippen LogP contribution in [-0.4, -0.2) is 18.6 Å². The molecule has 1 atom stereocenters. The highest BCUT2D eigenvalue weighted by atomic mass is 19.4. The van der Waals surface area contributed by atoms with Gasteiger partial charge in [-0.2, -0.15) is 13.2 Å². The zero-order valence-electron chi connectivity index (χ0n) is 10.7. The highest BCUT2D eigenvalue weighted by Crippen LogP contribution is 2.49. The van der Waals surface area contributed by atoms with Crippen molar-refractivity contribution in [1.82, 2.24) is 0 Å². The first kappa shape index (κ1) is 17.1. The Kier molecular flexibility index (Phi) is 4.70. The van der Waals surface area contributed by atoms with Crippen molar-refractivity contribution in [2.75, 3.05) is 0 Å². The molecule has 0 aliphatic carbocycles. The van der Waals surface area contributed by atoms with E-state index in [2.05, 4.69) is 11.3 Å². The fourth-order valence-corrected chi connectivity index (χ4v) is 1.44. The maximum Gasteiger partial charge on any atom is 0.432 e. The molecule has 0 fully saturated rings. The van der Waals surface area contributed by atoms with Crippen LogP contribution in [0.4, 0.5) is 26.3 Å². The van der Waals surface area contributed by atoms with Crippen LogP contribution < -0.4 is 4.74 Å². The van der Waals surface area contributed by atoms with Crippen LogP contribution in [0.3, 0.4) is 0 Å². The molecule has 2 nitrogen and oxygen atoms in total. The Morgan fingerprint density at radius 3 is 2.14 bits per heavy atom. The van der Waals surface area contributed by atoms with Gasteiger partial charge in [0, 0.05) is 11.1 Å². The van der Waals surface area contributed by atoms with Crippen LogP contribution in [0.2, 0.25) is 0 Å². The van der Waals surface area contributed by atoms with Gasteiger partial charge in [0.2, 0.25) is 0 Å². The largest absolute Gasteiger partial charge is 0.432 e. The van der Waals surface area contributed by atoms with Crippen LogP contribution >= 0.6 is 0 Å². The molecule has 21 heavy (non-hydrogen) atoms. The van der Waals surface area contributed by atoms with Crippen molar-refractivity contribution in [3.63, 3.8) is 0 Å². The molecule has 0 spiro atoms. The van der Waals surface area contributed by atoms with Gasteiger partial charge in [0.25, 0.3) is 12.1 Å². The summed E-state index contributed by atoms with van der Waals surface area (Å²) in [6.45, 7) is 4.39. The van der Waals surface area contributed by atoms with Crippen molar-refractivity contribution < 1.29 is 35.9 Å². The molecule has 1 rings (SSSR count). The Morgan fingerprint density at radius 1 is 1.19 bits per heavy atom. The number of para-hydroxylation sites is 1. The lowest BCUT2D eigenvalue weighted by Crippen LogP contribution is -2.44. The van der Waals surface area contributed by atoms with Crippen LogP contribution in [0.15, 0.2) is 36.4 Å². The molecule has 8 heteroatoms. The molecule has 1 aromatic carbocycles. The molecular weight excluding hydrogens is 302 g/mol. The SMILES string of the molecule is C=C(C)C(=O)Oc1ccccc1C(F)(C(F)F)C(F)(F)F. The number of carbonyl (C=O) groups excluding carboxylic acids is 1. The van der Waals surface area contributed by atoms with Crippen LogP contribution in [0.25, 0.3) is 0 Å². The number of benzene rings is 1. The minimum absolute atomic E-state index is 0.182. The van der Waals surface area contributed by atoms with E-state index in [0.29, 0.717) is 6.07 Å². The van der Waals surface area contributed by atoms with Gasteiger partial charge >= 0.3 is 12.1 Å². The molecule has 1 aromatic rings. The quantitative estimate of drug-likeness (QED) is 0.361. The van der Waals surface area contributed by atoms with E-state index < -0.39 is 35.6 Å². The molecule has 116 valence electrons. The van der Waals surface area contributed by atoms with Crippen molar-refractivity contribution in [2.24, 2.45) is 0 Å². The molecule has 0 N–H and O–H groups in total. The summed E-state index contributed by atoms with van der Waals surface area (Å²) in [6.07, 6.45) is -10.3. The van der Waals surface area contributed by atoms with Crippen molar-refractivity contribution >= 4 is 5.97 Å². The van der Waals surface area contributed by atoms with Crippen molar-refractivity contribution in [3.05, 3.63) is 42.0 Å². The van der Waals surface area contributed by atoms with Gasteiger partial charge in [0.05, 0.1) is 0 Å². The molecule has 0 aliphatic rings. The van der Waals surface area contributed by atoms with Gasteiger partial charge < -0.3 is 4.74 Å². The Labute approximate surface area is 116 Å². The summed E-state index contributed by atoms with van der Waals surface area (Å²) in [4.78, 5) is 11.3. The highest BCUT2D eigenvalue weighted by Gasteiger charge is 2.65. The zero-order chi connectivity index (χ0) is 16.4. The maximum absolute atomic E-state index is 14.0. The predicted octanol–water partition coefficient (Wildman–Crippen LogP) is 4.16. The predicted molar refractivity (Wildman–Crippen MR) is 61.7 cm³/mol. The monoisotopic (exact) mass is 312 g/mol. The summed E-state index contributed by atoms with van der Waals surface area (Å²) in [5.74, 6) is -2.09. The first-order valence-corrected chi connectivity index (χ1v) is 5.52. The maximum atomic E-state index is 14.0. The molecule has 0 bridgehead atoms. The third kappa shape index (κ3) is 3.20. The van der Waals surface area contributed by atoms with Crippen LogP contribution in [0.1, 0.15) is 12.5 Å². The van der Waals surface area contributed by atoms with E-state index >= 15 is 0 Å². The van der Waals surface area contributed by atoms with Gasteiger partial charge in [-0.3, -0.25) is 0 Å². The third-order valence-electron chi connectivity index (χ3n) is 2.54. The van der Waals surface area contributed by atoms with Gasteiger partial charge in [0.15, 0.2) is 0 Å². The number of carbonyl (C=O) groups is 1. The molecule has 0 amide bonds. The smallest absolute Gasteiger partial charge is 0.423 e. The number of esters is 1. The van der Waals surface area contributed by atoms with E-state index in [1.165, 1.54) is 6.92 Å². The normalized spacial score (nSPS) is 14.7. The summed E-state index contributed by atoms with van der Waals surface area (Å²) in [6, 6.07) is 3.32. The second-order valence-electron chi connectivity index (χ2n) is 4.18. The van der Waals surface area contributed by atoms with E-state index in [1.807, 2.05) is 0 Å². The molecular formula is C13H10F6O2. The van der Waals surface area contributed by atoms with E-state index in [1.54, 1.807) is 0 Å². The summed E-state index contributed by atoms with van der Waals surface area (Å²) in [7, 11) is 0. The summed E-state index contributed by atoms with van der Waals surface area (Å²) in [5.41, 5.74) is -6.60. The number of rotatable bonds is 4. The first-order chi connectivity index (χ1) is 9.51. The molecule has 0 radical (unpaired) electrons. The first-order valence-electron chi connectivity index (χ1n) is 5.52. The lowest BCUT2D eigenvalue weighted by atomic mass is 9.94.